The zero-order valence-corrected chi connectivity index (χ0v) is 8.56. The molecule has 0 atom stereocenters. The van der Waals surface area contributed by atoms with Crippen molar-refractivity contribution in [1.82, 2.24) is 4.98 Å². The maximum atomic E-state index is 4.39. The molecule has 2 heterocycles. The van der Waals surface area contributed by atoms with E-state index in [9.17, 15) is 0 Å². The van der Waals surface area contributed by atoms with Gasteiger partial charge in [0.2, 0.25) is 0 Å². The van der Waals surface area contributed by atoms with Crippen LogP contribution in [0.1, 0.15) is 11.1 Å². The standard InChI is InChI=1S/C11H11NS/c1-8-6-10(12-7-9(8)2)11-4-3-5-13-11/h3-7H,1-2H3. The van der Waals surface area contributed by atoms with E-state index in [1.807, 2.05) is 6.20 Å². The first-order valence-electron chi connectivity index (χ1n) is 4.24. The van der Waals surface area contributed by atoms with Crippen LogP contribution in [0.3, 0.4) is 0 Å². The highest BCUT2D eigenvalue weighted by Crippen LogP contribution is 2.23. The van der Waals surface area contributed by atoms with E-state index in [1.165, 1.54) is 16.0 Å². The Hall–Kier alpha value is -1.15. The lowest BCUT2D eigenvalue weighted by molar-refractivity contribution is 1.22. The summed E-state index contributed by atoms with van der Waals surface area (Å²) in [5, 5.41) is 2.08. The van der Waals surface area contributed by atoms with E-state index >= 15 is 0 Å². The minimum absolute atomic E-state index is 1.08. The summed E-state index contributed by atoms with van der Waals surface area (Å²) in [7, 11) is 0. The summed E-state index contributed by atoms with van der Waals surface area (Å²) in [4.78, 5) is 5.63. The molecule has 66 valence electrons. The second-order valence-corrected chi connectivity index (χ2v) is 4.08. The minimum atomic E-state index is 1.08. The van der Waals surface area contributed by atoms with Crippen LogP contribution in [-0.2, 0) is 0 Å². The molecule has 0 unspecified atom stereocenters. The summed E-state index contributed by atoms with van der Waals surface area (Å²) in [6.45, 7) is 4.20. The maximum Gasteiger partial charge on any atom is 0.0804 e. The molecule has 0 bridgehead atoms. The molecule has 0 fully saturated rings. The fraction of sp³-hybridized carbons (Fsp3) is 0.182. The van der Waals surface area contributed by atoms with E-state index in [-0.39, 0.29) is 0 Å². The van der Waals surface area contributed by atoms with Crippen molar-refractivity contribution in [2.24, 2.45) is 0 Å². The fourth-order valence-electron chi connectivity index (χ4n) is 1.18. The average Bonchev–Trinajstić information content (AvgIpc) is 2.62. The molecule has 0 amide bonds. The Labute approximate surface area is 82.1 Å². The predicted molar refractivity (Wildman–Crippen MR) is 57.0 cm³/mol. The fourth-order valence-corrected chi connectivity index (χ4v) is 1.88. The van der Waals surface area contributed by atoms with Crippen molar-refractivity contribution >= 4 is 11.3 Å². The van der Waals surface area contributed by atoms with Crippen molar-refractivity contribution in [3.05, 3.63) is 40.9 Å². The molecule has 0 N–H and O–H groups in total. The quantitative estimate of drug-likeness (QED) is 0.669. The Morgan fingerprint density at radius 3 is 2.69 bits per heavy atom. The van der Waals surface area contributed by atoms with Gasteiger partial charge in [-0.1, -0.05) is 6.07 Å². The van der Waals surface area contributed by atoms with Crippen molar-refractivity contribution in [2.75, 3.05) is 0 Å². The van der Waals surface area contributed by atoms with Crippen LogP contribution in [-0.4, -0.2) is 4.98 Å². The van der Waals surface area contributed by atoms with Gasteiger partial charge in [0.1, 0.15) is 0 Å². The van der Waals surface area contributed by atoms with Crippen molar-refractivity contribution in [3.63, 3.8) is 0 Å². The van der Waals surface area contributed by atoms with Crippen molar-refractivity contribution in [1.29, 1.82) is 0 Å². The number of rotatable bonds is 1. The lowest BCUT2D eigenvalue weighted by Gasteiger charge is -2.01. The first-order valence-corrected chi connectivity index (χ1v) is 5.12. The Balaban J connectivity index is 2.49. The molecule has 2 aromatic rings. The average molecular weight is 189 g/mol. The number of thiophene rings is 1. The molecule has 0 aliphatic carbocycles. The smallest absolute Gasteiger partial charge is 0.0804 e. The van der Waals surface area contributed by atoms with E-state index in [0.717, 1.165) is 5.69 Å². The van der Waals surface area contributed by atoms with Crippen molar-refractivity contribution in [2.45, 2.75) is 13.8 Å². The molecule has 2 heteroatoms. The maximum absolute atomic E-state index is 4.39. The number of hydrogen-bond donors (Lipinski definition) is 0. The summed E-state index contributed by atoms with van der Waals surface area (Å²) < 4.78 is 0. The molecule has 0 saturated carbocycles. The second kappa shape index (κ2) is 3.30. The summed E-state index contributed by atoms with van der Waals surface area (Å²) >= 11 is 1.73. The number of hydrogen-bond acceptors (Lipinski definition) is 2. The summed E-state index contributed by atoms with van der Waals surface area (Å²) in [6.07, 6.45) is 1.93. The van der Waals surface area contributed by atoms with Crippen molar-refractivity contribution in [3.8, 4) is 10.6 Å². The largest absolute Gasteiger partial charge is 0.255 e. The third kappa shape index (κ3) is 1.63. The van der Waals surface area contributed by atoms with E-state index in [4.69, 9.17) is 0 Å². The molecule has 0 aliphatic rings. The molecule has 13 heavy (non-hydrogen) atoms. The van der Waals surface area contributed by atoms with Gasteiger partial charge in [-0.15, -0.1) is 11.3 Å². The first kappa shape index (κ1) is 8.45. The molecular formula is C11H11NS. The zero-order valence-electron chi connectivity index (χ0n) is 7.74. The molecule has 0 spiro atoms. The highest BCUT2D eigenvalue weighted by Gasteiger charge is 2.01. The van der Waals surface area contributed by atoms with Crippen LogP contribution in [0.5, 0.6) is 0 Å². The summed E-state index contributed by atoms with van der Waals surface area (Å²) in [5.41, 5.74) is 3.64. The van der Waals surface area contributed by atoms with Crippen LogP contribution in [0.25, 0.3) is 10.6 Å². The molecule has 0 aliphatic heterocycles. The predicted octanol–water partition coefficient (Wildman–Crippen LogP) is 3.43. The third-order valence-corrected chi connectivity index (χ3v) is 3.04. The monoisotopic (exact) mass is 189 g/mol. The van der Waals surface area contributed by atoms with Gasteiger partial charge in [0.15, 0.2) is 0 Å². The zero-order chi connectivity index (χ0) is 9.26. The van der Waals surface area contributed by atoms with Gasteiger partial charge in [-0.05, 0) is 42.5 Å². The van der Waals surface area contributed by atoms with Crippen molar-refractivity contribution < 1.29 is 0 Å². The lowest BCUT2D eigenvalue weighted by atomic mass is 10.1. The van der Waals surface area contributed by atoms with E-state index in [2.05, 4.69) is 42.4 Å². The van der Waals surface area contributed by atoms with Gasteiger partial charge in [0, 0.05) is 6.20 Å². The highest BCUT2D eigenvalue weighted by atomic mass is 32.1. The van der Waals surface area contributed by atoms with Crippen LogP contribution in [0.15, 0.2) is 29.8 Å². The number of aromatic nitrogens is 1. The normalized spacial score (nSPS) is 10.3. The first-order chi connectivity index (χ1) is 6.27. The van der Waals surface area contributed by atoms with Gasteiger partial charge in [-0.25, -0.2) is 0 Å². The number of aryl methyl sites for hydroxylation is 2. The van der Waals surface area contributed by atoms with Gasteiger partial charge >= 0.3 is 0 Å². The van der Waals surface area contributed by atoms with Gasteiger partial charge in [0.05, 0.1) is 10.6 Å². The van der Waals surface area contributed by atoms with Crippen LogP contribution >= 0.6 is 11.3 Å². The molecule has 0 radical (unpaired) electrons. The van der Waals surface area contributed by atoms with Crippen LogP contribution in [0.2, 0.25) is 0 Å². The number of nitrogens with zero attached hydrogens (tertiary/aromatic N) is 1. The Kier molecular flexibility index (Phi) is 2.15. The van der Waals surface area contributed by atoms with Crippen LogP contribution in [0, 0.1) is 13.8 Å². The van der Waals surface area contributed by atoms with Crippen LogP contribution < -0.4 is 0 Å². The molecule has 2 aromatic heterocycles. The molecule has 0 saturated heterocycles. The van der Waals surface area contributed by atoms with Gasteiger partial charge in [-0.3, -0.25) is 4.98 Å². The molecule has 1 nitrogen and oxygen atoms in total. The minimum Gasteiger partial charge on any atom is -0.255 e. The molecule has 0 aromatic carbocycles. The summed E-state index contributed by atoms with van der Waals surface area (Å²) in [6, 6.07) is 6.29. The lowest BCUT2D eigenvalue weighted by Crippen LogP contribution is -1.85. The Morgan fingerprint density at radius 1 is 1.23 bits per heavy atom. The second-order valence-electron chi connectivity index (χ2n) is 3.13. The Bertz CT molecular complexity index is 404. The van der Waals surface area contributed by atoms with E-state index < -0.39 is 0 Å². The number of pyridine rings is 1. The van der Waals surface area contributed by atoms with Gasteiger partial charge in [0.25, 0.3) is 0 Å². The molecule has 2 rings (SSSR count). The SMILES string of the molecule is Cc1cnc(-c2cccs2)cc1C. The topological polar surface area (TPSA) is 12.9 Å². The van der Waals surface area contributed by atoms with Gasteiger partial charge < -0.3 is 0 Å². The third-order valence-electron chi connectivity index (χ3n) is 2.15. The summed E-state index contributed by atoms with van der Waals surface area (Å²) in [5.74, 6) is 0. The van der Waals surface area contributed by atoms with Crippen LogP contribution in [0.4, 0.5) is 0 Å². The molecular weight excluding hydrogens is 178 g/mol. The Morgan fingerprint density at radius 2 is 2.08 bits per heavy atom. The van der Waals surface area contributed by atoms with Gasteiger partial charge in [-0.2, -0.15) is 0 Å². The van der Waals surface area contributed by atoms with E-state index in [0.29, 0.717) is 0 Å². The van der Waals surface area contributed by atoms with E-state index in [1.54, 1.807) is 11.3 Å². The highest BCUT2D eigenvalue weighted by molar-refractivity contribution is 7.13.